The summed E-state index contributed by atoms with van der Waals surface area (Å²) >= 11 is 4.68. The van der Waals surface area contributed by atoms with E-state index in [1.807, 2.05) is 29.7 Å². The van der Waals surface area contributed by atoms with Gasteiger partial charge in [-0.25, -0.2) is 4.98 Å². The van der Waals surface area contributed by atoms with Gasteiger partial charge in [-0.05, 0) is 19.1 Å². The van der Waals surface area contributed by atoms with Crippen LogP contribution in [0.5, 0.6) is 0 Å². The highest BCUT2D eigenvalue weighted by Crippen LogP contribution is 2.31. The van der Waals surface area contributed by atoms with E-state index in [0.29, 0.717) is 5.75 Å². The number of carbonyl (C=O) groups excluding carboxylic acids is 1. The number of fused-ring (bicyclic) bond motifs is 1. The number of esters is 1. The molecule has 24 heavy (non-hydrogen) atoms. The number of hydrogen-bond donors (Lipinski definition) is 0. The van der Waals surface area contributed by atoms with Gasteiger partial charge in [-0.15, -0.1) is 21.5 Å². The maximum Gasteiger partial charge on any atom is 0.316 e. The highest BCUT2D eigenvalue weighted by atomic mass is 32.2. The van der Waals surface area contributed by atoms with Crippen LogP contribution in [0.15, 0.2) is 33.8 Å². The normalized spacial score (nSPS) is 11.1. The number of benzene rings is 1. The van der Waals surface area contributed by atoms with E-state index in [0.717, 1.165) is 27.4 Å². The van der Waals surface area contributed by atoms with E-state index < -0.39 is 0 Å². The topological polar surface area (TPSA) is 69.9 Å². The first-order chi connectivity index (χ1) is 11.7. The second-order valence-electron chi connectivity index (χ2n) is 4.74. The Morgan fingerprint density at radius 3 is 2.88 bits per heavy atom. The van der Waals surface area contributed by atoms with Crippen molar-refractivity contribution in [3.63, 3.8) is 0 Å². The third kappa shape index (κ3) is 3.90. The van der Waals surface area contributed by atoms with Crippen molar-refractivity contribution in [2.75, 3.05) is 12.9 Å². The highest BCUT2D eigenvalue weighted by Gasteiger charge is 2.14. The van der Waals surface area contributed by atoms with Gasteiger partial charge in [-0.1, -0.05) is 35.7 Å². The molecular weight excluding hydrogens is 364 g/mol. The molecule has 2 aromatic heterocycles. The molecule has 0 fully saturated rings. The Morgan fingerprint density at radius 1 is 1.29 bits per heavy atom. The summed E-state index contributed by atoms with van der Waals surface area (Å²) in [5.41, 5.74) is 1.02. The summed E-state index contributed by atoms with van der Waals surface area (Å²) < 4.78 is 8.89. The molecule has 0 saturated heterocycles. The molecule has 0 radical (unpaired) electrons. The quantitative estimate of drug-likeness (QED) is 0.459. The van der Waals surface area contributed by atoms with E-state index in [1.165, 1.54) is 23.6 Å². The maximum absolute atomic E-state index is 11.3. The predicted molar refractivity (Wildman–Crippen MR) is 97.6 cm³/mol. The number of thioether (sulfide) groups is 2. The Bertz CT molecular complexity index is 813. The van der Waals surface area contributed by atoms with Crippen molar-refractivity contribution < 1.29 is 9.53 Å². The average molecular weight is 381 g/mol. The van der Waals surface area contributed by atoms with Gasteiger partial charge in [-0.2, -0.15) is 0 Å². The van der Waals surface area contributed by atoms with Crippen LogP contribution in [0.1, 0.15) is 12.7 Å². The molecule has 0 bridgehead atoms. The van der Waals surface area contributed by atoms with Crippen LogP contribution in [-0.4, -0.2) is 38.6 Å². The number of rotatable bonds is 7. The summed E-state index contributed by atoms with van der Waals surface area (Å²) in [7, 11) is 1.38. The van der Waals surface area contributed by atoms with Gasteiger partial charge in [0.25, 0.3) is 0 Å². The first kappa shape index (κ1) is 17.2. The molecule has 0 aliphatic carbocycles. The number of thiazole rings is 1. The molecule has 0 atom stereocenters. The third-order valence-corrected chi connectivity index (χ3v) is 6.37. The van der Waals surface area contributed by atoms with Gasteiger partial charge < -0.3 is 9.30 Å². The SMILES string of the molecule is CCn1c(CSc2nc3ccccc3s2)nnc1SCC(=O)OC. The molecule has 0 spiro atoms. The molecule has 2 heterocycles. The molecule has 126 valence electrons. The fourth-order valence-electron chi connectivity index (χ4n) is 2.07. The fourth-order valence-corrected chi connectivity index (χ4v) is 4.93. The summed E-state index contributed by atoms with van der Waals surface area (Å²) in [5.74, 6) is 1.55. The predicted octanol–water partition coefficient (Wildman–Crippen LogP) is 3.47. The van der Waals surface area contributed by atoms with Crippen molar-refractivity contribution in [2.45, 2.75) is 28.7 Å². The van der Waals surface area contributed by atoms with Crippen LogP contribution >= 0.6 is 34.9 Å². The largest absolute Gasteiger partial charge is 0.468 e. The highest BCUT2D eigenvalue weighted by molar-refractivity contribution is 8.00. The Kier molecular flexibility index (Phi) is 5.75. The molecule has 0 unspecified atom stereocenters. The zero-order chi connectivity index (χ0) is 16.9. The second-order valence-corrected chi connectivity index (χ2v) is 7.94. The molecule has 3 aromatic rings. The van der Waals surface area contributed by atoms with E-state index in [2.05, 4.69) is 26.0 Å². The monoisotopic (exact) mass is 380 g/mol. The zero-order valence-corrected chi connectivity index (χ0v) is 15.7. The van der Waals surface area contributed by atoms with Gasteiger partial charge in [-0.3, -0.25) is 4.79 Å². The van der Waals surface area contributed by atoms with E-state index >= 15 is 0 Å². The number of carbonyl (C=O) groups is 1. The lowest BCUT2D eigenvalue weighted by atomic mass is 10.3. The van der Waals surface area contributed by atoms with Crippen LogP contribution in [0, 0.1) is 0 Å². The van der Waals surface area contributed by atoms with Crippen LogP contribution < -0.4 is 0 Å². The Morgan fingerprint density at radius 2 is 2.12 bits per heavy atom. The van der Waals surface area contributed by atoms with Gasteiger partial charge in [0, 0.05) is 6.54 Å². The van der Waals surface area contributed by atoms with Crippen LogP contribution in [0.3, 0.4) is 0 Å². The smallest absolute Gasteiger partial charge is 0.316 e. The van der Waals surface area contributed by atoms with Gasteiger partial charge in [0.15, 0.2) is 9.50 Å². The molecule has 0 aliphatic heterocycles. The molecule has 0 amide bonds. The number of aromatic nitrogens is 4. The van der Waals surface area contributed by atoms with Crippen LogP contribution in [0.2, 0.25) is 0 Å². The first-order valence-electron chi connectivity index (χ1n) is 7.31. The molecular formula is C15H16N4O2S3. The minimum atomic E-state index is -0.268. The van der Waals surface area contributed by atoms with Crippen LogP contribution in [0.25, 0.3) is 10.2 Å². The lowest BCUT2D eigenvalue weighted by Crippen LogP contribution is -2.06. The van der Waals surface area contributed by atoms with Crippen molar-refractivity contribution >= 4 is 51.0 Å². The lowest BCUT2D eigenvalue weighted by Gasteiger charge is -2.05. The van der Waals surface area contributed by atoms with Crippen LogP contribution in [0.4, 0.5) is 0 Å². The van der Waals surface area contributed by atoms with Gasteiger partial charge in [0.2, 0.25) is 0 Å². The molecule has 3 rings (SSSR count). The van der Waals surface area contributed by atoms with Gasteiger partial charge >= 0.3 is 5.97 Å². The van der Waals surface area contributed by atoms with E-state index in [9.17, 15) is 4.79 Å². The number of hydrogen-bond acceptors (Lipinski definition) is 8. The summed E-state index contributed by atoms with van der Waals surface area (Å²) in [4.78, 5) is 15.9. The number of para-hydroxylation sites is 1. The molecule has 6 nitrogen and oxygen atoms in total. The summed E-state index contributed by atoms with van der Waals surface area (Å²) in [5, 5.41) is 9.18. The van der Waals surface area contributed by atoms with E-state index in [1.54, 1.807) is 23.1 Å². The number of nitrogens with zero attached hydrogens (tertiary/aromatic N) is 4. The van der Waals surface area contributed by atoms with E-state index in [-0.39, 0.29) is 11.7 Å². The van der Waals surface area contributed by atoms with E-state index in [4.69, 9.17) is 0 Å². The second kappa shape index (κ2) is 8.00. The summed E-state index contributed by atoms with van der Waals surface area (Å²) in [6.07, 6.45) is 0. The molecule has 0 aliphatic rings. The molecule has 0 saturated carbocycles. The van der Waals surface area contributed by atoms with Crippen molar-refractivity contribution in [3.05, 3.63) is 30.1 Å². The van der Waals surface area contributed by atoms with Crippen molar-refractivity contribution in [1.82, 2.24) is 19.7 Å². The summed E-state index contributed by atoms with van der Waals surface area (Å²) in [6.45, 7) is 2.80. The fraction of sp³-hybridized carbons (Fsp3) is 0.333. The van der Waals surface area contributed by atoms with Gasteiger partial charge in [0.1, 0.15) is 5.82 Å². The van der Waals surface area contributed by atoms with Crippen molar-refractivity contribution in [2.24, 2.45) is 0 Å². The third-order valence-electron chi connectivity index (χ3n) is 3.26. The maximum atomic E-state index is 11.3. The molecule has 1 aromatic carbocycles. The zero-order valence-electron chi connectivity index (χ0n) is 13.3. The van der Waals surface area contributed by atoms with Gasteiger partial charge in [0.05, 0.1) is 28.8 Å². The lowest BCUT2D eigenvalue weighted by molar-refractivity contribution is -0.137. The molecule has 9 heteroatoms. The first-order valence-corrected chi connectivity index (χ1v) is 10.1. The molecule has 0 N–H and O–H groups in total. The average Bonchev–Trinajstić information content (AvgIpc) is 3.20. The Hall–Kier alpha value is -1.58. The number of ether oxygens (including phenoxy) is 1. The summed E-state index contributed by atoms with van der Waals surface area (Å²) in [6, 6.07) is 8.11. The standard InChI is InChI=1S/C15H16N4O2S3/c1-3-19-12(17-18-14(19)22-9-13(20)21-2)8-23-15-16-10-6-4-5-7-11(10)24-15/h4-7H,3,8-9H2,1-2H3. The Balaban J connectivity index is 1.68. The van der Waals surface area contributed by atoms with Crippen LogP contribution in [-0.2, 0) is 21.8 Å². The minimum Gasteiger partial charge on any atom is -0.468 e. The minimum absolute atomic E-state index is 0.236. The van der Waals surface area contributed by atoms with Crippen molar-refractivity contribution in [1.29, 1.82) is 0 Å². The Labute approximate surface area is 152 Å². The number of methoxy groups -OCH3 is 1. The van der Waals surface area contributed by atoms with Crippen molar-refractivity contribution in [3.8, 4) is 0 Å².